The van der Waals surface area contributed by atoms with Crippen molar-refractivity contribution in [3.05, 3.63) is 34.5 Å². The molecule has 0 aromatic carbocycles. The molecule has 0 unspecified atom stereocenters. The summed E-state index contributed by atoms with van der Waals surface area (Å²) in [6, 6.07) is 1.99. The third kappa shape index (κ3) is 1.29. The molecule has 1 heterocycles. The Morgan fingerprint density at radius 3 is 2.78 bits per heavy atom. The van der Waals surface area contributed by atoms with Crippen molar-refractivity contribution in [1.82, 2.24) is 0 Å². The van der Waals surface area contributed by atoms with Crippen molar-refractivity contribution in [2.24, 2.45) is 0 Å². The maximum Gasteiger partial charge on any atom is 0.289 e. The van der Waals surface area contributed by atoms with Crippen molar-refractivity contribution in [1.29, 1.82) is 0 Å². The number of pyridine rings is 1. The average molecular weight is 148 g/mol. The van der Waals surface area contributed by atoms with Crippen molar-refractivity contribution < 1.29 is 9.12 Å². The molecule has 0 saturated carbocycles. The molecular weight excluding hydrogens is 145 g/mol. The van der Waals surface area contributed by atoms with Gasteiger partial charge in [0.2, 0.25) is 0 Å². The molecule has 0 atom stereocenters. The first-order valence-electron chi connectivity index (χ1n) is 2.24. The fourth-order valence-corrected chi connectivity index (χ4v) is 0.596. The second-order valence-electron chi connectivity index (χ2n) is 1.49. The summed E-state index contributed by atoms with van der Waals surface area (Å²) in [4.78, 5) is 0. The standard InChI is InChI=1S/C5H3ClFNO/c6-5-3-4(7)1-2-8(5)9/h1-3H. The zero-order valence-electron chi connectivity index (χ0n) is 4.34. The molecule has 1 rings (SSSR count). The van der Waals surface area contributed by atoms with Gasteiger partial charge >= 0.3 is 0 Å². The van der Waals surface area contributed by atoms with E-state index in [0.29, 0.717) is 4.73 Å². The second kappa shape index (κ2) is 2.19. The number of hydrogen-bond acceptors (Lipinski definition) is 1. The Morgan fingerprint density at radius 2 is 2.33 bits per heavy atom. The van der Waals surface area contributed by atoms with Gasteiger partial charge in [0.25, 0.3) is 5.15 Å². The SMILES string of the molecule is [O-][n+]1ccc(F)cc1Cl. The van der Waals surface area contributed by atoms with E-state index in [-0.39, 0.29) is 5.15 Å². The molecule has 0 radical (unpaired) electrons. The predicted octanol–water partition coefficient (Wildman–Crippen LogP) is 1.11. The maximum absolute atomic E-state index is 12.1. The Morgan fingerprint density at radius 1 is 1.67 bits per heavy atom. The summed E-state index contributed by atoms with van der Waals surface area (Å²) >= 11 is 5.22. The van der Waals surface area contributed by atoms with Crippen LogP contribution in [0.15, 0.2) is 18.3 Å². The molecule has 0 fully saturated rings. The van der Waals surface area contributed by atoms with Gasteiger partial charge in [0.15, 0.2) is 6.20 Å². The van der Waals surface area contributed by atoms with Crippen LogP contribution in [0, 0.1) is 11.0 Å². The highest BCUT2D eigenvalue weighted by atomic mass is 35.5. The molecular formula is C5H3ClFNO. The van der Waals surface area contributed by atoms with E-state index in [1.54, 1.807) is 0 Å². The lowest BCUT2D eigenvalue weighted by Crippen LogP contribution is -2.26. The van der Waals surface area contributed by atoms with Crippen LogP contribution in [-0.2, 0) is 0 Å². The van der Waals surface area contributed by atoms with Crippen LogP contribution in [-0.4, -0.2) is 0 Å². The van der Waals surface area contributed by atoms with Crippen molar-refractivity contribution in [3.63, 3.8) is 0 Å². The summed E-state index contributed by atoms with van der Waals surface area (Å²) in [7, 11) is 0. The van der Waals surface area contributed by atoms with E-state index in [2.05, 4.69) is 0 Å². The van der Waals surface area contributed by atoms with Crippen molar-refractivity contribution in [2.45, 2.75) is 0 Å². The first kappa shape index (κ1) is 6.29. The molecule has 0 N–H and O–H groups in total. The maximum atomic E-state index is 12.1. The van der Waals surface area contributed by atoms with Crippen LogP contribution in [0.25, 0.3) is 0 Å². The van der Waals surface area contributed by atoms with Gasteiger partial charge < -0.3 is 5.21 Å². The molecule has 0 spiro atoms. The van der Waals surface area contributed by atoms with Crippen LogP contribution in [0.5, 0.6) is 0 Å². The lowest BCUT2D eigenvalue weighted by Gasteiger charge is -1.94. The number of rotatable bonds is 0. The number of nitrogens with zero attached hydrogens (tertiary/aromatic N) is 1. The van der Waals surface area contributed by atoms with Gasteiger partial charge in [-0.3, -0.25) is 0 Å². The topological polar surface area (TPSA) is 26.9 Å². The highest BCUT2D eigenvalue weighted by molar-refractivity contribution is 6.28. The number of aromatic nitrogens is 1. The first-order chi connectivity index (χ1) is 4.20. The van der Waals surface area contributed by atoms with Crippen molar-refractivity contribution in [3.8, 4) is 0 Å². The summed E-state index contributed by atoms with van der Waals surface area (Å²) in [6.45, 7) is 0. The largest absolute Gasteiger partial charge is 0.618 e. The average Bonchev–Trinajstić information content (AvgIpc) is 1.80. The molecule has 0 amide bonds. The molecule has 0 aliphatic heterocycles. The third-order valence-electron chi connectivity index (χ3n) is 0.837. The zero-order chi connectivity index (χ0) is 6.85. The molecule has 0 aliphatic rings. The van der Waals surface area contributed by atoms with E-state index in [4.69, 9.17) is 11.6 Å². The van der Waals surface area contributed by atoms with Crippen LogP contribution >= 0.6 is 11.6 Å². The Hall–Kier alpha value is -0.830. The molecule has 1 aromatic rings. The van der Waals surface area contributed by atoms with Gasteiger partial charge in [-0.2, -0.15) is 4.73 Å². The molecule has 9 heavy (non-hydrogen) atoms. The van der Waals surface area contributed by atoms with Crippen LogP contribution in [0.4, 0.5) is 4.39 Å². The fraction of sp³-hybridized carbons (Fsp3) is 0. The van der Waals surface area contributed by atoms with E-state index in [1.165, 1.54) is 0 Å². The fourth-order valence-electron chi connectivity index (χ4n) is 0.436. The molecule has 0 saturated heterocycles. The van der Waals surface area contributed by atoms with E-state index >= 15 is 0 Å². The molecule has 48 valence electrons. The van der Waals surface area contributed by atoms with Crippen molar-refractivity contribution >= 4 is 11.6 Å². The van der Waals surface area contributed by atoms with Crippen molar-refractivity contribution in [2.75, 3.05) is 0 Å². The Balaban J connectivity index is 3.17. The van der Waals surface area contributed by atoms with E-state index in [1.807, 2.05) is 0 Å². The van der Waals surface area contributed by atoms with E-state index < -0.39 is 5.82 Å². The number of hydrogen-bond donors (Lipinski definition) is 0. The highest BCUT2D eigenvalue weighted by Crippen LogP contribution is 2.01. The minimum absolute atomic E-state index is 0.157. The quantitative estimate of drug-likeness (QED) is 0.307. The highest BCUT2D eigenvalue weighted by Gasteiger charge is 2.00. The van der Waals surface area contributed by atoms with Gasteiger partial charge in [-0.15, -0.1) is 0 Å². The molecule has 4 heteroatoms. The summed E-state index contributed by atoms with van der Waals surface area (Å²) in [5.74, 6) is -0.507. The third-order valence-corrected chi connectivity index (χ3v) is 1.11. The van der Waals surface area contributed by atoms with Crippen LogP contribution in [0.1, 0.15) is 0 Å². The predicted molar refractivity (Wildman–Crippen MR) is 30.4 cm³/mol. The Labute approximate surface area is 56.1 Å². The second-order valence-corrected chi connectivity index (χ2v) is 1.88. The summed E-state index contributed by atoms with van der Waals surface area (Å²) in [5, 5.41) is 10.2. The van der Waals surface area contributed by atoms with Crippen LogP contribution in [0.2, 0.25) is 5.15 Å². The summed E-state index contributed by atoms with van der Waals surface area (Å²) < 4.78 is 12.5. The molecule has 1 aromatic heterocycles. The molecule has 0 bridgehead atoms. The lowest BCUT2D eigenvalue weighted by molar-refractivity contribution is -0.603. The van der Waals surface area contributed by atoms with Gasteiger partial charge in [0, 0.05) is 6.07 Å². The molecule has 0 aliphatic carbocycles. The zero-order valence-corrected chi connectivity index (χ0v) is 5.10. The monoisotopic (exact) mass is 147 g/mol. The van der Waals surface area contributed by atoms with Crippen LogP contribution < -0.4 is 4.73 Å². The normalized spacial score (nSPS) is 9.56. The van der Waals surface area contributed by atoms with Gasteiger partial charge in [0.05, 0.1) is 6.07 Å². The number of halogens is 2. The van der Waals surface area contributed by atoms with Gasteiger partial charge in [0.1, 0.15) is 5.82 Å². The minimum Gasteiger partial charge on any atom is -0.618 e. The Kier molecular flexibility index (Phi) is 1.53. The van der Waals surface area contributed by atoms with Crippen LogP contribution in [0.3, 0.4) is 0 Å². The smallest absolute Gasteiger partial charge is 0.289 e. The van der Waals surface area contributed by atoms with Gasteiger partial charge in [-0.1, -0.05) is 0 Å². The lowest BCUT2D eigenvalue weighted by atomic mass is 10.5. The van der Waals surface area contributed by atoms with E-state index in [0.717, 1.165) is 18.3 Å². The van der Waals surface area contributed by atoms with Gasteiger partial charge in [-0.25, -0.2) is 4.39 Å². The minimum atomic E-state index is -0.507. The molecule has 2 nitrogen and oxygen atoms in total. The Bertz CT molecular complexity index is 228. The summed E-state index contributed by atoms with van der Waals surface area (Å²) in [6.07, 6.45) is 1.01. The van der Waals surface area contributed by atoms with Gasteiger partial charge in [-0.05, 0) is 11.6 Å². The van der Waals surface area contributed by atoms with E-state index in [9.17, 15) is 9.60 Å². The first-order valence-corrected chi connectivity index (χ1v) is 2.62. The summed E-state index contributed by atoms with van der Waals surface area (Å²) in [5.41, 5.74) is 0.